The summed E-state index contributed by atoms with van der Waals surface area (Å²) in [6.07, 6.45) is -0.656. The molecule has 0 amide bonds. The number of hydrogen-bond donors (Lipinski definition) is 3. The zero-order valence-corrected chi connectivity index (χ0v) is 12.7. The van der Waals surface area contributed by atoms with Gasteiger partial charge in [0.25, 0.3) is 0 Å². The first-order valence-electron chi connectivity index (χ1n) is 5.43. The summed E-state index contributed by atoms with van der Waals surface area (Å²) >= 11 is 11.8. The number of β-amino-alcohol motifs (C(OH)–C–C–N with tert-alkyl or cyclic N) is 1. The van der Waals surface area contributed by atoms with Gasteiger partial charge >= 0.3 is 0 Å². The predicted molar refractivity (Wildman–Crippen MR) is 79.8 cm³/mol. The van der Waals surface area contributed by atoms with E-state index in [-0.39, 0.29) is 17.9 Å². The van der Waals surface area contributed by atoms with Crippen LogP contribution >= 0.6 is 35.6 Å². The highest BCUT2D eigenvalue weighted by molar-refractivity contribution is 6.34. The fourth-order valence-corrected chi connectivity index (χ4v) is 1.87. The molecule has 1 aromatic carbocycles. The summed E-state index contributed by atoms with van der Waals surface area (Å²) in [5.41, 5.74) is 6.09. The molecule has 0 aromatic heterocycles. The second-order valence-electron chi connectivity index (χ2n) is 4.69. The van der Waals surface area contributed by atoms with E-state index in [1.807, 2.05) is 13.8 Å². The van der Waals surface area contributed by atoms with Crippen LogP contribution in [-0.4, -0.2) is 23.7 Å². The third-order valence-corrected chi connectivity index (χ3v) is 2.99. The number of nitrogens with one attached hydrogen (secondary N) is 1. The lowest BCUT2D eigenvalue weighted by Gasteiger charge is -2.26. The quantitative estimate of drug-likeness (QED) is 0.783. The fourth-order valence-electron chi connectivity index (χ4n) is 1.33. The van der Waals surface area contributed by atoms with Gasteiger partial charge in [0.2, 0.25) is 0 Å². The molecule has 0 aliphatic heterocycles. The molecule has 18 heavy (non-hydrogen) atoms. The Morgan fingerprint density at radius 2 is 1.78 bits per heavy atom. The molecule has 1 unspecified atom stereocenters. The smallest absolute Gasteiger partial charge is 0.0915 e. The average molecular weight is 314 g/mol. The van der Waals surface area contributed by atoms with Gasteiger partial charge in [-0.3, -0.25) is 0 Å². The van der Waals surface area contributed by atoms with Crippen molar-refractivity contribution >= 4 is 35.6 Å². The molecule has 4 N–H and O–H groups in total. The third-order valence-electron chi connectivity index (χ3n) is 2.55. The molecule has 0 fully saturated rings. The molecule has 6 heteroatoms. The minimum Gasteiger partial charge on any atom is -0.387 e. The third kappa shape index (κ3) is 5.74. The highest BCUT2D eigenvalue weighted by Gasteiger charge is 2.17. The minimum absolute atomic E-state index is 0. The molecule has 0 heterocycles. The van der Waals surface area contributed by atoms with E-state index in [0.717, 1.165) is 0 Å². The maximum absolute atomic E-state index is 10.0. The Morgan fingerprint density at radius 1 is 1.28 bits per heavy atom. The SMILES string of the molecule is CC(C)(CN)NCC(O)c1cc(Cl)cc(Cl)c1.Cl. The van der Waals surface area contributed by atoms with E-state index in [1.54, 1.807) is 18.2 Å². The van der Waals surface area contributed by atoms with Crippen LogP contribution in [0.4, 0.5) is 0 Å². The number of aliphatic hydroxyl groups excluding tert-OH is 1. The highest BCUT2D eigenvalue weighted by atomic mass is 35.5. The minimum atomic E-state index is -0.656. The second kappa shape index (κ2) is 7.53. The maximum Gasteiger partial charge on any atom is 0.0915 e. The van der Waals surface area contributed by atoms with Gasteiger partial charge in [-0.15, -0.1) is 12.4 Å². The van der Waals surface area contributed by atoms with Crippen LogP contribution in [0.2, 0.25) is 10.0 Å². The van der Waals surface area contributed by atoms with Crippen molar-refractivity contribution in [3.8, 4) is 0 Å². The first-order chi connectivity index (χ1) is 7.84. The largest absolute Gasteiger partial charge is 0.387 e. The lowest BCUT2D eigenvalue weighted by Crippen LogP contribution is -2.47. The average Bonchev–Trinajstić information content (AvgIpc) is 2.24. The van der Waals surface area contributed by atoms with Gasteiger partial charge in [-0.1, -0.05) is 23.2 Å². The molecule has 104 valence electrons. The number of nitrogens with two attached hydrogens (primary N) is 1. The van der Waals surface area contributed by atoms with Gasteiger partial charge in [0.15, 0.2) is 0 Å². The first kappa shape index (κ1) is 18.0. The summed E-state index contributed by atoms with van der Waals surface area (Å²) in [7, 11) is 0. The van der Waals surface area contributed by atoms with Gasteiger partial charge < -0.3 is 16.2 Å². The number of halogens is 3. The monoisotopic (exact) mass is 312 g/mol. The lowest BCUT2D eigenvalue weighted by atomic mass is 10.0. The number of rotatable bonds is 5. The van der Waals surface area contributed by atoms with Gasteiger partial charge in [0.1, 0.15) is 0 Å². The van der Waals surface area contributed by atoms with Crippen molar-refractivity contribution in [3.05, 3.63) is 33.8 Å². The summed E-state index contributed by atoms with van der Waals surface area (Å²) in [6.45, 7) is 4.85. The van der Waals surface area contributed by atoms with E-state index in [0.29, 0.717) is 28.7 Å². The van der Waals surface area contributed by atoms with Gasteiger partial charge in [0, 0.05) is 28.7 Å². The summed E-state index contributed by atoms with van der Waals surface area (Å²) < 4.78 is 0. The van der Waals surface area contributed by atoms with Crippen LogP contribution in [0.15, 0.2) is 18.2 Å². The van der Waals surface area contributed by atoms with Crippen molar-refractivity contribution in [2.45, 2.75) is 25.5 Å². The first-order valence-corrected chi connectivity index (χ1v) is 6.19. The van der Waals surface area contributed by atoms with E-state index in [1.165, 1.54) is 0 Å². The standard InChI is InChI=1S/C12H18Cl2N2O.ClH/c1-12(2,7-15)16-6-11(17)8-3-9(13)5-10(14)4-8;/h3-5,11,16-17H,6-7,15H2,1-2H3;1H. The Labute approximate surface area is 124 Å². The molecule has 1 aromatic rings. The van der Waals surface area contributed by atoms with Crippen molar-refractivity contribution in [2.24, 2.45) is 5.73 Å². The van der Waals surface area contributed by atoms with E-state index in [9.17, 15) is 5.11 Å². The lowest BCUT2D eigenvalue weighted by molar-refractivity contribution is 0.162. The van der Waals surface area contributed by atoms with Crippen LogP contribution in [0.25, 0.3) is 0 Å². The molecular weight excluding hydrogens is 295 g/mol. The van der Waals surface area contributed by atoms with Crippen LogP contribution in [-0.2, 0) is 0 Å². The number of aliphatic hydroxyl groups is 1. The van der Waals surface area contributed by atoms with Crippen molar-refractivity contribution in [1.82, 2.24) is 5.32 Å². The Balaban J connectivity index is 0.00000289. The van der Waals surface area contributed by atoms with E-state index < -0.39 is 6.10 Å². The number of hydrogen-bond acceptors (Lipinski definition) is 3. The van der Waals surface area contributed by atoms with E-state index in [4.69, 9.17) is 28.9 Å². The normalized spacial score (nSPS) is 13.0. The second-order valence-corrected chi connectivity index (χ2v) is 5.56. The molecule has 0 bridgehead atoms. The molecule has 0 saturated heterocycles. The topological polar surface area (TPSA) is 58.3 Å². The van der Waals surface area contributed by atoms with E-state index >= 15 is 0 Å². The molecular formula is C12H19Cl3N2O. The Morgan fingerprint density at radius 3 is 2.22 bits per heavy atom. The van der Waals surface area contributed by atoms with Gasteiger partial charge in [-0.2, -0.15) is 0 Å². The van der Waals surface area contributed by atoms with Crippen molar-refractivity contribution in [3.63, 3.8) is 0 Å². The van der Waals surface area contributed by atoms with Gasteiger partial charge in [-0.25, -0.2) is 0 Å². The summed E-state index contributed by atoms with van der Waals surface area (Å²) in [6, 6.07) is 5.04. The molecule has 0 aliphatic carbocycles. The molecule has 0 aliphatic rings. The predicted octanol–water partition coefficient (Wildman–Crippen LogP) is 2.78. The Hall–Kier alpha value is -0.0300. The van der Waals surface area contributed by atoms with Crippen LogP contribution in [0.5, 0.6) is 0 Å². The molecule has 1 rings (SSSR count). The van der Waals surface area contributed by atoms with Crippen LogP contribution in [0.3, 0.4) is 0 Å². The van der Waals surface area contributed by atoms with Crippen molar-refractivity contribution in [2.75, 3.05) is 13.1 Å². The maximum atomic E-state index is 10.0. The summed E-state index contributed by atoms with van der Waals surface area (Å²) in [5.74, 6) is 0. The van der Waals surface area contributed by atoms with Gasteiger partial charge in [-0.05, 0) is 37.6 Å². The Kier molecular flexibility index (Phi) is 7.52. The fraction of sp³-hybridized carbons (Fsp3) is 0.500. The van der Waals surface area contributed by atoms with E-state index in [2.05, 4.69) is 5.32 Å². The number of benzene rings is 1. The highest BCUT2D eigenvalue weighted by Crippen LogP contribution is 2.23. The molecule has 0 spiro atoms. The van der Waals surface area contributed by atoms with Crippen LogP contribution in [0.1, 0.15) is 25.5 Å². The molecule has 1 atom stereocenters. The summed E-state index contributed by atoms with van der Waals surface area (Å²) in [5, 5.41) is 14.2. The van der Waals surface area contributed by atoms with Crippen molar-refractivity contribution < 1.29 is 5.11 Å². The summed E-state index contributed by atoms with van der Waals surface area (Å²) in [4.78, 5) is 0. The van der Waals surface area contributed by atoms with Crippen molar-refractivity contribution in [1.29, 1.82) is 0 Å². The molecule has 0 radical (unpaired) electrons. The zero-order chi connectivity index (χ0) is 13.1. The van der Waals surface area contributed by atoms with Crippen LogP contribution < -0.4 is 11.1 Å². The molecule has 0 saturated carbocycles. The van der Waals surface area contributed by atoms with Gasteiger partial charge in [0.05, 0.1) is 6.10 Å². The molecule has 3 nitrogen and oxygen atoms in total. The zero-order valence-electron chi connectivity index (χ0n) is 10.4. The Bertz CT molecular complexity index is 365. The van der Waals surface area contributed by atoms with Crippen LogP contribution in [0, 0.1) is 0 Å².